The lowest BCUT2D eigenvalue weighted by Crippen LogP contribution is -2.71. The highest BCUT2D eigenvalue weighted by Crippen LogP contribution is 2.36. The van der Waals surface area contributed by atoms with Gasteiger partial charge in [-0.25, -0.2) is 4.98 Å². The Labute approximate surface area is 220 Å². The number of nitrogens with zero attached hydrogens (tertiary/aromatic N) is 3. The number of nitrogens with two attached hydrogens (primary N) is 1. The van der Waals surface area contributed by atoms with Crippen molar-refractivity contribution in [1.29, 1.82) is 5.41 Å². The summed E-state index contributed by atoms with van der Waals surface area (Å²) in [4.78, 5) is 10.8. The molecule has 2 saturated heterocycles. The first kappa shape index (κ1) is 25.6. The van der Waals surface area contributed by atoms with Crippen LogP contribution in [0.25, 0.3) is 0 Å². The molecule has 0 atom stereocenters. The highest BCUT2D eigenvalue weighted by atomic mass is 35.5. The maximum absolute atomic E-state index is 8.66. The number of aromatic nitrogens is 2. The number of benzene rings is 1. The van der Waals surface area contributed by atoms with Crippen LogP contribution in [-0.4, -0.2) is 47.6 Å². The maximum atomic E-state index is 8.66. The minimum Gasteiger partial charge on any atom is -0.489 e. The topological polar surface area (TPSA) is 100 Å². The first-order chi connectivity index (χ1) is 16.9. The smallest absolute Gasteiger partial charge is 0.128 e. The Bertz CT molecular complexity index is 1170. The van der Waals surface area contributed by atoms with Crippen LogP contribution in [-0.2, 0) is 6.61 Å². The first-order valence-electron chi connectivity index (χ1n) is 11.3. The van der Waals surface area contributed by atoms with Crippen LogP contribution in [0, 0.1) is 10.8 Å². The van der Waals surface area contributed by atoms with E-state index in [1.54, 1.807) is 24.4 Å². The molecule has 0 aliphatic carbocycles. The molecule has 0 radical (unpaired) electrons. The number of nitrogen functional groups attached to an aromatic ring is 1. The molecule has 1 spiro atoms. The average molecular weight is 532 g/mol. The normalized spacial score (nSPS) is 15.5. The van der Waals surface area contributed by atoms with Crippen molar-refractivity contribution in [3.63, 3.8) is 0 Å². The molecule has 2 aliphatic heterocycles. The van der Waals surface area contributed by atoms with E-state index in [-0.39, 0.29) is 12.3 Å². The minimum absolute atomic E-state index is 0.181. The molecule has 2 aliphatic rings. The second kappa shape index (κ2) is 11.0. The van der Waals surface area contributed by atoms with Crippen molar-refractivity contribution < 1.29 is 4.74 Å². The number of nitrogens with one attached hydrogen (secondary N) is 2. The summed E-state index contributed by atoms with van der Waals surface area (Å²) >= 11 is 16.1. The van der Waals surface area contributed by atoms with Crippen LogP contribution in [0.1, 0.15) is 23.6 Å². The summed E-state index contributed by atoms with van der Waals surface area (Å²) in [5, 5.41) is 12.9. The summed E-state index contributed by atoms with van der Waals surface area (Å²) in [5.74, 6) is 2.45. The van der Waals surface area contributed by atoms with E-state index < -0.39 is 0 Å². The van der Waals surface area contributed by atoms with Crippen LogP contribution < -0.4 is 20.7 Å². The van der Waals surface area contributed by atoms with Crippen molar-refractivity contribution in [3.05, 3.63) is 75.7 Å². The quantitative estimate of drug-likeness (QED) is 0.209. The monoisotopic (exact) mass is 530 g/mol. The van der Waals surface area contributed by atoms with Crippen LogP contribution in [0.3, 0.4) is 0 Å². The second-order valence-electron chi connectivity index (χ2n) is 8.68. The van der Waals surface area contributed by atoms with Gasteiger partial charge in [0.25, 0.3) is 0 Å². The van der Waals surface area contributed by atoms with E-state index in [1.165, 1.54) is 12.4 Å². The van der Waals surface area contributed by atoms with Gasteiger partial charge in [-0.1, -0.05) is 30.1 Å². The summed E-state index contributed by atoms with van der Waals surface area (Å²) < 4.78 is 5.87. The van der Waals surface area contributed by atoms with Crippen molar-refractivity contribution in [1.82, 2.24) is 15.3 Å². The fourth-order valence-electron chi connectivity index (χ4n) is 4.08. The van der Waals surface area contributed by atoms with Gasteiger partial charge in [-0.2, -0.15) is 12.6 Å². The molecule has 0 bridgehead atoms. The Balaban J connectivity index is 0.000000917. The van der Waals surface area contributed by atoms with Crippen molar-refractivity contribution in [2.24, 2.45) is 5.41 Å². The van der Waals surface area contributed by atoms with Gasteiger partial charge in [0.2, 0.25) is 0 Å². The number of pyridine rings is 2. The Hall–Kier alpha value is -2.52. The van der Waals surface area contributed by atoms with Gasteiger partial charge >= 0.3 is 0 Å². The molecule has 0 amide bonds. The maximum Gasteiger partial charge on any atom is 0.128 e. The summed E-state index contributed by atoms with van der Waals surface area (Å²) in [6, 6.07) is 9.11. The molecule has 184 valence electrons. The van der Waals surface area contributed by atoms with E-state index >= 15 is 0 Å². The standard InChI is InChI=1S/C23H22Cl2N6O.C2H6S/c24-18-7-28-8-19(25)17(18)9-32-15-2-3-20(26)16(5-15)22(27)14-1-4-21(30-6-14)31-12-23(13-31)10-29-11-23;1-2-3/h1-8,27,29H,9-13,26H2;3H,2H2,1H3. The zero-order valence-electron chi connectivity index (χ0n) is 19.4. The van der Waals surface area contributed by atoms with E-state index in [4.69, 9.17) is 39.1 Å². The van der Waals surface area contributed by atoms with Gasteiger partial charge in [0.1, 0.15) is 18.2 Å². The molecule has 5 rings (SSSR count). The number of anilines is 2. The highest BCUT2D eigenvalue weighted by molar-refractivity contribution is 7.80. The van der Waals surface area contributed by atoms with E-state index in [1.807, 2.05) is 19.1 Å². The van der Waals surface area contributed by atoms with Crippen molar-refractivity contribution in [2.75, 3.05) is 42.6 Å². The first-order valence-corrected chi connectivity index (χ1v) is 12.7. The lowest BCUT2D eigenvalue weighted by atomic mass is 9.74. The summed E-state index contributed by atoms with van der Waals surface area (Å²) in [5.41, 5.74) is 9.30. The van der Waals surface area contributed by atoms with Gasteiger partial charge in [0.05, 0.1) is 15.8 Å². The lowest BCUT2D eigenvalue weighted by Gasteiger charge is -2.56. The fraction of sp³-hybridized carbons (Fsp3) is 0.320. The summed E-state index contributed by atoms with van der Waals surface area (Å²) in [6.45, 7) is 6.40. The molecule has 4 N–H and O–H groups in total. The third kappa shape index (κ3) is 5.67. The van der Waals surface area contributed by atoms with Crippen LogP contribution in [0.4, 0.5) is 11.5 Å². The minimum atomic E-state index is 0.181. The van der Waals surface area contributed by atoms with Gasteiger partial charge in [-0.3, -0.25) is 10.4 Å². The second-order valence-corrected chi connectivity index (χ2v) is 10.1. The van der Waals surface area contributed by atoms with Gasteiger partial charge in [-0.15, -0.1) is 0 Å². The predicted octanol–water partition coefficient (Wildman–Crippen LogP) is 4.71. The SMILES string of the molecule is CCS.N=C(c1ccc(N2CC3(CNC3)C2)nc1)c1cc(OCc2c(Cl)cncc2Cl)ccc1N. The molecular formula is C25H28Cl2N6OS. The van der Waals surface area contributed by atoms with Crippen molar-refractivity contribution >= 4 is 53.0 Å². The molecular weight excluding hydrogens is 503 g/mol. The summed E-state index contributed by atoms with van der Waals surface area (Å²) in [7, 11) is 0. The van der Waals surface area contributed by atoms with E-state index in [2.05, 4.69) is 32.8 Å². The molecule has 2 aromatic heterocycles. The van der Waals surface area contributed by atoms with Crippen LogP contribution in [0.5, 0.6) is 5.75 Å². The van der Waals surface area contributed by atoms with Gasteiger partial charge < -0.3 is 20.7 Å². The Morgan fingerprint density at radius 3 is 2.43 bits per heavy atom. The largest absolute Gasteiger partial charge is 0.489 e. The molecule has 1 aromatic carbocycles. The summed E-state index contributed by atoms with van der Waals surface area (Å²) in [6.07, 6.45) is 4.77. The third-order valence-corrected chi connectivity index (χ3v) is 6.69. The number of rotatable bonds is 6. The zero-order valence-corrected chi connectivity index (χ0v) is 21.8. The molecule has 4 heterocycles. The zero-order chi connectivity index (χ0) is 25.0. The van der Waals surface area contributed by atoms with E-state index in [0.717, 1.165) is 37.7 Å². The van der Waals surface area contributed by atoms with E-state index in [9.17, 15) is 0 Å². The average Bonchev–Trinajstić information content (AvgIpc) is 2.78. The number of hydrogen-bond donors (Lipinski definition) is 4. The molecule has 35 heavy (non-hydrogen) atoms. The Morgan fingerprint density at radius 1 is 1.17 bits per heavy atom. The lowest BCUT2D eigenvalue weighted by molar-refractivity contribution is 0.120. The van der Waals surface area contributed by atoms with Crippen molar-refractivity contribution in [3.8, 4) is 5.75 Å². The Kier molecular flexibility index (Phi) is 8.06. The molecule has 7 nitrogen and oxygen atoms in total. The van der Waals surface area contributed by atoms with Gasteiger partial charge in [0, 0.05) is 72.6 Å². The number of hydrogen-bond acceptors (Lipinski definition) is 8. The van der Waals surface area contributed by atoms with Crippen LogP contribution in [0.15, 0.2) is 48.9 Å². The Morgan fingerprint density at radius 2 is 1.86 bits per heavy atom. The third-order valence-electron chi connectivity index (χ3n) is 6.04. The molecule has 10 heteroatoms. The van der Waals surface area contributed by atoms with Gasteiger partial charge in [-0.05, 0) is 36.1 Å². The fourth-order valence-corrected chi connectivity index (χ4v) is 4.55. The van der Waals surface area contributed by atoms with Crippen LogP contribution >= 0.6 is 35.8 Å². The van der Waals surface area contributed by atoms with Gasteiger partial charge in [0.15, 0.2) is 0 Å². The van der Waals surface area contributed by atoms with Crippen molar-refractivity contribution in [2.45, 2.75) is 13.5 Å². The molecule has 0 unspecified atom stereocenters. The number of halogens is 2. The molecule has 0 saturated carbocycles. The molecule has 2 fully saturated rings. The predicted molar refractivity (Wildman–Crippen MR) is 147 cm³/mol. The highest BCUT2D eigenvalue weighted by Gasteiger charge is 2.47. The molecule has 3 aromatic rings. The van der Waals surface area contributed by atoms with Crippen LogP contribution in [0.2, 0.25) is 10.0 Å². The van der Waals surface area contributed by atoms with E-state index in [0.29, 0.717) is 43.6 Å². The number of thiol groups is 1. The number of ether oxygens (including phenoxy) is 1.